The molecule has 0 aliphatic heterocycles. The Morgan fingerprint density at radius 2 is 1.88 bits per heavy atom. The molecule has 0 atom stereocenters. The average Bonchev–Trinajstić information content (AvgIpc) is 2.20. The highest BCUT2D eigenvalue weighted by atomic mass is 127. The van der Waals surface area contributed by atoms with Gasteiger partial charge in [-0.1, -0.05) is 0 Å². The lowest BCUT2D eigenvalue weighted by Gasteiger charge is -2.05. The summed E-state index contributed by atoms with van der Waals surface area (Å²) in [5.74, 6) is 1.99. The summed E-state index contributed by atoms with van der Waals surface area (Å²) in [4.78, 5) is 8.30. The Kier molecular flexibility index (Phi) is 3.75. The number of halogens is 2. The standard InChI is InChI=1S/C11H8BrIN2O/c1-7-14-10(12)6-11(15-7)16-9-4-2-8(13)3-5-9/h2-6H,1H3. The lowest BCUT2D eigenvalue weighted by molar-refractivity contribution is 0.459. The number of ether oxygens (including phenoxy) is 1. The summed E-state index contributed by atoms with van der Waals surface area (Å²) in [5.41, 5.74) is 0. The van der Waals surface area contributed by atoms with E-state index in [0.29, 0.717) is 11.7 Å². The minimum Gasteiger partial charge on any atom is -0.439 e. The van der Waals surface area contributed by atoms with Gasteiger partial charge < -0.3 is 4.74 Å². The van der Waals surface area contributed by atoms with Crippen molar-refractivity contribution >= 4 is 38.5 Å². The maximum Gasteiger partial charge on any atom is 0.223 e. The van der Waals surface area contributed by atoms with Crippen molar-refractivity contribution in [1.29, 1.82) is 0 Å². The molecule has 0 unspecified atom stereocenters. The van der Waals surface area contributed by atoms with Crippen LogP contribution in [0.5, 0.6) is 11.6 Å². The van der Waals surface area contributed by atoms with Gasteiger partial charge in [0.2, 0.25) is 5.88 Å². The van der Waals surface area contributed by atoms with Gasteiger partial charge >= 0.3 is 0 Å². The molecule has 0 radical (unpaired) electrons. The van der Waals surface area contributed by atoms with Crippen molar-refractivity contribution in [3.8, 4) is 11.6 Å². The molecule has 2 rings (SSSR count). The monoisotopic (exact) mass is 390 g/mol. The van der Waals surface area contributed by atoms with E-state index in [-0.39, 0.29) is 0 Å². The van der Waals surface area contributed by atoms with Crippen molar-refractivity contribution in [2.45, 2.75) is 6.92 Å². The summed E-state index contributed by atoms with van der Waals surface area (Å²) < 4.78 is 7.50. The molecule has 0 amide bonds. The first-order valence-corrected chi connectivity index (χ1v) is 6.45. The zero-order valence-electron chi connectivity index (χ0n) is 8.45. The van der Waals surface area contributed by atoms with Gasteiger partial charge in [0.1, 0.15) is 16.2 Å². The molecule has 0 spiro atoms. The van der Waals surface area contributed by atoms with E-state index in [1.165, 1.54) is 3.57 Å². The molecular formula is C11H8BrIN2O. The average molecular weight is 391 g/mol. The van der Waals surface area contributed by atoms with Gasteiger partial charge in [0, 0.05) is 9.64 Å². The first-order chi connectivity index (χ1) is 7.63. The summed E-state index contributed by atoms with van der Waals surface area (Å²) in [6.07, 6.45) is 0. The molecule has 0 fully saturated rings. The molecule has 3 nitrogen and oxygen atoms in total. The SMILES string of the molecule is Cc1nc(Br)cc(Oc2ccc(I)cc2)n1. The smallest absolute Gasteiger partial charge is 0.223 e. The molecule has 0 N–H and O–H groups in total. The van der Waals surface area contributed by atoms with E-state index in [9.17, 15) is 0 Å². The molecular weight excluding hydrogens is 383 g/mol. The Morgan fingerprint density at radius 1 is 1.19 bits per heavy atom. The second kappa shape index (κ2) is 5.09. The van der Waals surface area contributed by atoms with Gasteiger partial charge in [-0.15, -0.1) is 0 Å². The Labute approximate surface area is 116 Å². The molecule has 2 aromatic rings. The highest BCUT2D eigenvalue weighted by Gasteiger charge is 2.02. The van der Waals surface area contributed by atoms with Gasteiger partial charge in [0.25, 0.3) is 0 Å². The molecule has 0 bridgehead atoms. The van der Waals surface area contributed by atoms with Crippen LogP contribution in [0.4, 0.5) is 0 Å². The van der Waals surface area contributed by atoms with Crippen LogP contribution in [-0.4, -0.2) is 9.97 Å². The molecule has 1 aromatic heterocycles. The van der Waals surface area contributed by atoms with Gasteiger partial charge in [-0.05, 0) is 69.7 Å². The van der Waals surface area contributed by atoms with Crippen LogP contribution in [-0.2, 0) is 0 Å². The van der Waals surface area contributed by atoms with E-state index >= 15 is 0 Å². The van der Waals surface area contributed by atoms with E-state index in [1.54, 1.807) is 6.07 Å². The lowest BCUT2D eigenvalue weighted by atomic mass is 10.3. The number of nitrogens with zero attached hydrogens (tertiary/aromatic N) is 2. The van der Waals surface area contributed by atoms with Gasteiger partial charge in [0.15, 0.2) is 0 Å². The van der Waals surface area contributed by atoms with Gasteiger partial charge in [0.05, 0.1) is 0 Å². The van der Waals surface area contributed by atoms with Gasteiger partial charge in [-0.2, -0.15) is 4.98 Å². The second-order valence-corrected chi connectivity index (χ2v) is 5.19. The minimum absolute atomic E-state index is 0.542. The summed E-state index contributed by atoms with van der Waals surface area (Å²) in [6.45, 7) is 1.82. The predicted octanol–water partition coefficient (Wildman–Crippen LogP) is 3.94. The number of rotatable bonds is 2. The Morgan fingerprint density at radius 3 is 2.50 bits per heavy atom. The third kappa shape index (κ3) is 3.15. The highest BCUT2D eigenvalue weighted by molar-refractivity contribution is 14.1. The van der Waals surface area contributed by atoms with Crippen molar-refractivity contribution in [3.05, 3.63) is 44.3 Å². The Hall–Kier alpha value is -0.690. The zero-order chi connectivity index (χ0) is 11.5. The van der Waals surface area contributed by atoms with Gasteiger partial charge in [-0.3, -0.25) is 0 Å². The third-order valence-corrected chi connectivity index (χ3v) is 2.94. The third-order valence-electron chi connectivity index (χ3n) is 1.82. The van der Waals surface area contributed by atoms with Crippen molar-refractivity contribution in [3.63, 3.8) is 0 Å². The van der Waals surface area contributed by atoms with E-state index in [2.05, 4.69) is 48.5 Å². The molecule has 16 heavy (non-hydrogen) atoms. The summed E-state index contributed by atoms with van der Waals surface area (Å²) in [5, 5.41) is 0. The van der Waals surface area contributed by atoms with Crippen LogP contribution < -0.4 is 4.74 Å². The quantitative estimate of drug-likeness (QED) is 0.575. The van der Waals surface area contributed by atoms with Crippen molar-refractivity contribution in [2.24, 2.45) is 0 Å². The fourth-order valence-electron chi connectivity index (χ4n) is 1.18. The number of hydrogen-bond donors (Lipinski definition) is 0. The largest absolute Gasteiger partial charge is 0.439 e. The Balaban J connectivity index is 2.23. The number of aryl methyl sites for hydroxylation is 1. The molecule has 0 saturated heterocycles. The van der Waals surface area contributed by atoms with Crippen molar-refractivity contribution in [1.82, 2.24) is 9.97 Å². The summed E-state index contributed by atoms with van der Waals surface area (Å²) in [7, 11) is 0. The number of hydrogen-bond acceptors (Lipinski definition) is 3. The number of aromatic nitrogens is 2. The van der Waals surface area contributed by atoms with E-state index in [1.807, 2.05) is 31.2 Å². The van der Waals surface area contributed by atoms with Crippen LogP contribution in [0.25, 0.3) is 0 Å². The second-order valence-electron chi connectivity index (χ2n) is 3.13. The molecule has 0 saturated carbocycles. The van der Waals surface area contributed by atoms with Gasteiger partial charge in [-0.25, -0.2) is 4.98 Å². The Bertz CT molecular complexity index is 482. The fraction of sp³-hybridized carbons (Fsp3) is 0.0909. The lowest BCUT2D eigenvalue weighted by Crippen LogP contribution is -1.93. The first-order valence-electron chi connectivity index (χ1n) is 4.58. The van der Waals surface area contributed by atoms with Crippen LogP contribution >= 0.6 is 38.5 Å². The van der Waals surface area contributed by atoms with Crippen LogP contribution in [0.2, 0.25) is 0 Å². The number of benzene rings is 1. The highest BCUT2D eigenvalue weighted by Crippen LogP contribution is 2.22. The normalized spacial score (nSPS) is 10.2. The van der Waals surface area contributed by atoms with Crippen LogP contribution in [0.15, 0.2) is 34.9 Å². The minimum atomic E-state index is 0.542. The van der Waals surface area contributed by atoms with E-state index in [4.69, 9.17) is 4.74 Å². The molecule has 82 valence electrons. The zero-order valence-corrected chi connectivity index (χ0v) is 12.2. The summed E-state index contributed by atoms with van der Waals surface area (Å²) >= 11 is 5.56. The maximum atomic E-state index is 5.61. The van der Waals surface area contributed by atoms with Crippen LogP contribution in [0.3, 0.4) is 0 Å². The van der Waals surface area contributed by atoms with Crippen LogP contribution in [0.1, 0.15) is 5.82 Å². The van der Waals surface area contributed by atoms with E-state index in [0.717, 1.165) is 10.4 Å². The fourth-order valence-corrected chi connectivity index (χ4v) is 1.99. The van der Waals surface area contributed by atoms with Crippen molar-refractivity contribution in [2.75, 3.05) is 0 Å². The topological polar surface area (TPSA) is 35.0 Å². The summed E-state index contributed by atoms with van der Waals surface area (Å²) in [6, 6.07) is 9.53. The molecule has 0 aliphatic carbocycles. The molecule has 1 heterocycles. The molecule has 0 aliphatic rings. The molecule has 5 heteroatoms. The van der Waals surface area contributed by atoms with E-state index < -0.39 is 0 Å². The van der Waals surface area contributed by atoms with Crippen LogP contribution in [0, 0.1) is 10.5 Å². The maximum absolute atomic E-state index is 5.61. The van der Waals surface area contributed by atoms with Crippen molar-refractivity contribution < 1.29 is 4.74 Å². The first kappa shape index (κ1) is 11.8. The predicted molar refractivity (Wildman–Crippen MR) is 73.7 cm³/mol. The molecule has 1 aromatic carbocycles.